The molecule has 1 aromatic rings. The number of nitrogens with two attached hydrogens (primary N) is 1. The Labute approximate surface area is 100 Å². The summed E-state index contributed by atoms with van der Waals surface area (Å²) in [5.74, 6) is 0.572. The molecule has 0 amide bonds. The predicted molar refractivity (Wildman–Crippen MR) is 65.3 cm³/mol. The first-order valence-corrected chi connectivity index (χ1v) is 5.64. The standard InChI is InChI=1S/C11H17N5O/c1-7-5-16(6-8(2)17-7)11-14-4-3-9(15-11)10(12)13/h3-4,7-8H,5-6H2,1-2H3,(H3,12,13)/t7-,8+. The highest BCUT2D eigenvalue weighted by Gasteiger charge is 2.24. The first-order chi connectivity index (χ1) is 8.06. The molecule has 1 aliphatic heterocycles. The zero-order chi connectivity index (χ0) is 12.4. The van der Waals surface area contributed by atoms with Crippen molar-refractivity contribution in [2.45, 2.75) is 26.1 Å². The van der Waals surface area contributed by atoms with Gasteiger partial charge in [-0.1, -0.05) is 0 Å². The van der Waals surface area contributed by atoms with Crippen LogP contribution in [0, 0.1) is 5.41 Å². The first kappa shape index (κ1) is 11.8. The molecule has 0 bridgehead atoms. The van der Waals surface area contributed by atoms with Crippen LogP contribution in [0.25, 0.3) is 0 Å². The number of aromatic nitrogens is 2. The van der Waals surface area contributed by atoms with Gasteiger partial charge in [0.05, 0.1) is 12.2 Å². The van der Waals surface area contributed by atoms with Crippen LogP contribution in [0.15, 0.2) is 12.3 Å². The molecule has 1 saturated heterocycles. The van der Waals surface area contributed by atoms with E-state index in [0.717, 1.165) is 13.1 Å². The van der Waals surface area contributed by atoms with Crippen LogP contribution in [0.3, 0.4) is 0 Å². The summed E-state index contributed by atoms with van der Waals surface area (Å²) in [6.07, 6.45) is 1.94. The quantitative estimate of drug-likeness (QED) is 0.571. The monoisotopic (exact) mass is 235 g/mol. The van der Waals surface area contributed by atoms with Gasteiger partial charge in [0.2, 0.25) is 5.95 Å². The van der Waals surface area contributed by atoms with Crippen LogP contribution in [0.4, 0.5) is 5.95 Å². The lowest BCUT2D eigenvalue weighted by molar-refractivity contribution is -0.00572. The van der Waals surface area contributed by atoms with Gasteiger partial charge < -0.3 is 15.4 Å². The van der Waals surface area contributed by atoms with Gasteiger partial charge in [-0.05, 0) is 19.9 Å². The highest BCUT2D eigenvalue weighted by molar-refractivity contribution is 5.93. The van der Waals surface area contributed by atoms with Crippen molar-refractivity contribution in [3.8, 4) is 0 Å². The normalized spacial score (nSPS) is 24.7. The summed E-state index contributed by atoms with van der Waals surface area (Å²) < 4.78 is 5.65. The Morgan fingerprint density at radius 2 is 2.12 bits per heavy atom. The average Bonchev–Trinajstić information content (AvgIpc) is 2.28. The molecule has 6 heteroatoms. The Bertz CT molecular complexity index is 412. The van der Waals surface area contributed by atoms with Gasteiger partial charge >= 0.3 is 0 Å². The van der Waals surface area contributed by atoms with E-state index in [9.17, 15) is 0 Å². The van der Waals surface area contributed by atoms with Gasteiger partial charge in [0.15, 0.2) is 0 Å². The van der Waals surface area contributed by atoms with Gasteiger partial charge in [-0.15, -0.1) is 0 Å². The smallest absolute Gasteiger partial charge is 0.226 e. The Morgan fingerprint density at radius 1 is 1.47 bits per heavy atom. The van der Waals surface area contributed by atoms with E-state index in [0.29, 0.717) is 11.6 Å². The number of nitrogens with one attached hydrogen (secondary N) is 1. The molecule has 2 heterocycles. The Balaban J connectivity index is 2.21. The maximum Gasteiger partial charge on any atom is 0.226 e. The van der Waals surface area contributed by atoms with Crippen LogP contribution in [-0.4, -0.2) is 41.1 Å². The summed E-state index contributed by atoms with van der Waals surface area (Å²) in [4.78, 5) is 10.6. The van der Waals surface area contributed by atoms with Crippen LogP contribution < -0.4 is 10.6 Å². The van der Waals surface area contributed by atoms with Crippen LogP contribution in [0.1, 0.15) is 19.5 Å². The lowest BCUT2D eigenvalue weighted by atomic mass is 10.2. The molecule has 0 saturated carbocycles. The number of amidine groups is 1. The molecule has 6 nitrogen and oxygen atoms in total. The molecule has 0 spiro atoms. The maximum atomic E-state index is 7.37. The third kappa shape index (κ3) is 2.71. The molecular formula is C11H17N5O. The van der Waals surface area contributed by atoms with Crippen LogP contribution in [-0.2, 0) is 4.74 Å². The Hall–Kier alpha value is -1.69. The van der Waals surface area contributed by atoms with Crippen molar-refractivity contribution < 1.29 is 4.74 Å². The van der Waals surface area contributed by atoms with Crippen LogP contribution in [0.2, 0.25) is 0 Å². The summed E-state index contributed by atoms with van der Waals surface area (Å²) in [6.45, 7) is 5.56. The van der Waals surface area contributed by atoms with Crippen molar-refractivity contribution in [3.63, 3.8) is 0 Å². The van der Waals surface area contributed by atoms with E-state index >= 15 is 0 Å². The molecule has 0 unspecified atom stereocenters. The number of morpholine rings is 1. The number of nitrogens with zero attached hydrogens (tertiary/aromatic N) is 3. The Kier molecular flexibility index (Phi) is 3.23. The van der Waals surface area contributed by atoms with E-state index in [1.54, 1.807) is 12.3 Å². The van der Waals surface area contributed by atoms with Crippen molar-refractivity contribution in [1.82, 2.24) is 9.97 Å². The number of nitrogen functional groups attached to an aromatic ring is 1. The molecule has 0 radical (unpaired) electrons. The maximum absolute atomic E-state index is 7.37. The lowest BCUT2D eigenvalue weighted by Crippen LogP contribution is -2.46. The van der Waals surface area contributed by atoms with Crippen molar-refractivity contribution >= 4 is 11.8 Å². The van der Waals surface area contributed by atoms with E-state index in [-0.39, 0.29) is 18.0 Å². The largest absolute Gasteiger partial charge is 0.382 e. The van der Waals surface area contributed by atoms with Crippen LogP contribution >= 0.6 is 0 Å². The minimum absolute atomic E-state index is 0.0389. The van der Waals surface area contributed by atoms with Gasteiger partial charge in [-0.3, -0.25) is 5.41 Å². The summed E-state index contributed by atoms with van der Waals surface area (Å²) in [6, 6.07) is 1.64. The summed E-state index contributed by atoms with van der Waals surface area (Å²) in [5, 5.41) is 7.37. The number of ether oxygens (including phenoxy) is 1. The van der Waals surface area contributed by atoms with Crippen molar-refractivity contribution in [2.75, 3.05) is 18.0 Å². The Morgan fingerprint density at radius 3 is 2.71 bits per heavy atom. The van der Waals surface area contributed by atoms with E-state index in [1.807, 2.05) is 13.8 Å². The summed E-state index contributed by atoms with van der Waals surface area (Å²) >= 11 is 0. The fourth-order valence-corrected chi connectivity index (χ4v) is 1.99. The second-order valence-electron chi connectivity index (χ2n) is 4.32. The van der Waals surface area contributed by atoms with Crippen molar-refractivity contribution in [1.29, 1.82) is 5.41 Å². The van der Waals surface area contributed by atoms with Gasteiger partial charge in [0.1, 0.15) is 11.5 Å². The molecular weight excluding hydrogens is 218 g/mol. The molecule has 0 aromatic carbocycles. The van der Waals surface area contributed by atoms with Gasteiger partial charge in [-0.2, -0.15) is 0 Å². The summed E-state index contributed by atoms with van der Waals surface area (Å²) in [7, 11) is 0. The molecule has 3 N–H and O–H groups in total. The molecule has 1 fully saturated rings. The zero-order valence-electron chi connectivity index (χ0n) is 10.1. The highest BCUT2D eigenvalue weighted by atomic mass is 16.5. The number of hydrogen-bond acceptors (Lipinski definition) is 5. The van der Waals surface area contributed by atoms with Gasteiger partial charge in [0, 0.05) is 19.3 Å². The number of hydrogen-bond donors (Lipinski definition) is 2. The minimum Gasteiger partial charge on any atom is -0.382 e. The average molecular weight is 235 g/mol. The van der Waals surface area contributed by atoms with Gasteiger partial charge in [0.25, 0.3) is 0 Å². The molecule has 17 heavy (non-hydrogen) atoms. The second-order valence-corrected chi connectivity index (χ2v) is 4.32. The number of rotatable bonds is 2. The van der Waals surface area contributed by atoms with E-state index in [1.165, 1.54) is 0 Å². The molecule has 1 aromatic heterocycles. The zero-order valence-corrected chi connectivity index (χ0v) is 10.1. The molecule has 1 aliphatic rings. The first-order valence-electron chi connectivity index (χ1n) is 5.64. The molecule has 0 aliphatic carbocycles. The third-order valence-electron chi connectivity index (χ3n) is 2.62. The van der Waals surface area contributed by atoms with E-state index < -0.39 is 0 Å². The fourth-order valence-electron chi connectivity index (χ4n) is 1.99. The van der Waals surface area contributed by atoms with E-state index in [4.69, 9.17) is 15.9 Å². The topological polar surface area (TPSA) is 88.1 Å². The third-order valence-corrected chi connectivity index (χ3v) is 2.62. The SMILES string of the molecule is C[C@@H]1CN(c2nccc(C(=N)N)n2)C[C@H](C)O1. The summed E-state index contributed by atoms with van der Waals surface area (Å²) in [5.41, 5.74) is 5.88. The lowest BCUT2D eigenvalue weighted by Gasteiger charge is -2.35. The molecule has 2 rings (SSSR count). The predicted octanol–water partition coefficient (Wildman–Crippen LogP) is 0.374. The molecule has 92 valence electrons. The van der Waals surface area contributed by atoms with Crippen molar-refractivity contribution in [2.24, 2.45) is 5.73 Å². The van der Waals surface area contributed by atoms with Crippen molar-refractivity contribution in [3.05, 3.63) is 18.0 Å². The fraction of sp³-hybridized carbons (Fsp3) is 0.545. The number of anilines is 1. The van der Waals surface area contributed by atoms with E-state index in [2.05, 4.69) is 14.9 Å². The highest BCUT2D eigenvalue weighted by Crippen LogP contribution is 2.16. The second kappa shape index (κ2) is 4.67. The molecule has 2 atom stereocenters. The minimum atomic E-state index is -0.0389. The van der Waals surface area contributed by atoms with Crippen LogP contribution in [0.5, 0.6) is 0 Å². The van der Waals surface area contributed by atoms with Gasteiger partial charge in [-0.25, -0.2) is 9.97 Å².